The number of nitriles is 1. The molecule has 1 heterocycles. The molecule has 1 aromatic heterocycles. The van der Waals surface area contributed by atoms with Crippen LogP contribution in [0.5, 0.6) is 0 Å². The third-order valence-electron chi connectivity index (χ3n) is 2.80. The smallest absolute Gasteiger partial charge is 0.0991 e. The van der Waals surface area contributed by atoms with Gasteiger partial charge in [0, 0.05) is 22.7 Å². The Morgan fingerprint density at radius 2 is 2.35 bits per heavy atom. The van der Waals surface area contributed by atoms with Gasteiger partial charge in [0.2, 0.25) is 0 Å². The molecular weight excluding hydrogens is 228 g/mol. The maximum Gasteiger partial charge on any atom is 0.0991 e. The van der Waals surface area contributed by atoms with Crippen LogP contribution < -0.4 is 0 Å². The van der Waals surface area contributed by atoms with Gasteiger partial charge in [-0.15, -0.1) is 11.8 Å². The van der Waals surface area contributed by atoms with Gasteiger partial charge in [0.05, 0.1) is 11.6 Å². The molecule has 0 aliphatic heterocycles. The van der Waals surface area contributed by atoms with Crippen molar-refractivity contribution in [2.24, 2.45) is 0 Å². The number of nitrogens with zero attached hydrogens (tertiary/aromatic N) is 1. The molecule has 0 saturated heterocycles. The first-order valence-electron chi connectivity index (χ1n) is 5.53. The molecule has 0 bridgehead atoms. The van der Waals surface area contributed by atoms with E-state index in [4.69, 9.17) is 5.26 Å². The lowest BCUT2D eigenvalue weighted by Crippen LogP contribution is -1.81. The number of fused-ring (bicyclic) bond motifs is 1. The number of H-pyrrole nitrogens is 1. The minimum absolute atomic E-state index is 0.706. The zero-order valence-corrected chi connectivity index (χ0v) is 10.8. The zero-order chi connectivity index (χ0) is 12.3. The second kappa shape index (κ2) is 5.11. The normalized spacial score (nSPS) is 11.7. The summed E-state index contributed by atoms with van der Waals surface area (Å²) in [5.74, 6) is 0. The highest BCUT2D eigenvalue weighted by molar-refractivity contribution is 8.01. The lowest BCUT2D eigenvalue weighted by atomic mass is 10.0. The van der Waals surface area contributed by atoms with E-state index in [2.05, 4.69) is 29.6 Å². The number of benzene rings is 1. The van der Waals surface area contributed by atoms with Crippen LogP contribution in [0, 0.1) is 11.3 Å². The third kappa shape index (κ3) is 2.22. The van der Waals surface area contributed by atoms with Crippen molar-refractivity contribution >= 4 is 28.2 Å². The molecule has 3 heteroatoms. The quantitative estimate of drug-likeness (QED) is 0.878. The first-order valence-corrected chi connectivity index (χ1v) is 6.82. The van der Waals surface area contributed by atoms with Gasteiger partial charge in [-0.3, -0.25) is 0 Å². The van der Waals surface area contributed by atoms with Crippen molar-refractivity contribution < 1.29 is 0 Å². The van der Waals surface area contributed by atoms with E-state index in [0.29, 0.717) is 5.56 Å². The lowest BCUT2D eigenvalue weighted by molar-refractivity contribution is 1.25. The molecule has 1 N–H and O–H groups in total. The van der Waals surface area contributed by atoms with Gasteiger partial charge in [0.15, 0.2) is 0 Å². The second-order valence-corrected chi connectivity index (χ2v) is 4.51. The number of allylic oxidation sites excluding steroid dienone is 1. The van der Waals surface area contributed by atoms with Gasteiger partial charge in [-0.25, -0.2) is 0 Å². The number of nitrogens with one attached hydrogen (secondary N) is 1. The first kappa shape index (κ1) is 11.8. The van der Waals surface area contributed by atoms with Gasteiger partial charge in [0.1, 0.15) is 0 Å². The van der Waals surface area contributed by atoms with Crippen LogP contribution in [0.4, 0.5) is 0 Å². The molecule has 0 spiro atoms. The Morgan fingerprint density at radius 3 is 3.00 bits per heavy atom. The van der Waals surface area contributed by atoms with Crippen molar-refractivity contribution in [3.8, 4) is 6.07 Å². The highest BCUT2D eigenvalue weighted by atomic mass is 32.2. The topological polar surface area (TPSA) is 39.6 Å². The van der Waals surface area contributed by atoms with Gasteiger partial charge < -0.3 is 4.98 Å². The molecule has 2 aromatic rings. The summed E-state index contributed by atoms with van der Waals surface area (Å²) in [6, 6.07) is 7.94. The van der Waals surface area contributed by atoms with E-state index >= 15 is 0 Å². The fourth-order valence-corrected chi connectivity index (χ4v) is 2.51. The highest BCUT2D eigenvalue weighted by Crippen LogP contribution is 2.29. The molecule has 1 aromatic carbocycles. The van der Waals surface area contributed by atoms with Crippen molar-refractivity contribution in [3.63, 3.8) is 0 Å². The SMILES string of the molecule is CC/C(=C\SC)c1c[nH]c2ccc(C#N)cc12. The third-order valence-corrected chi connectivity index (χ3v) is 3.32. The van der Waals surface area contributed by atoms with E-state index in [1.54, 1.807) is 11.8 Å². The number of hydrogen-bond acceptors (Lipinski definition) is 2. The molecule has 0 atom stereocenters. The van der Waals surface area contributed by atoms with Crippen molar-refractivity contribution in [1.82, 2.24) is 4.98 Å². The molecular formula is C14H14N2S. The number of aromatic nitrogens is 1. The summed E-state index contributed by atoms with van der Waals surface area (Å²) in [6.07, 6.45) is 5.08. The molecule has 2 rings (SSSR count). The molecule has 0 amide bonds. The minimum atomic E-state index is 0.706. The Kier molecular flexibility index (Phi) is 3.55. The van der Waals surface area contributed by atoms with Gasteiger partial charge in [-0.2, -0.15) is 5.26 Å². The van der Waals surface area contributed by atoms with Gasteiger partial charge in [-0.1, -0.05) is 6.92 Å². The Hall–Kier alpha value is -1.66. The maximum atomic E-state index is 8.95. The van der Waals surface area contributed by atoms with E-state index in [-0.39, 0.29) is 0 Å². The molecule has 0 aliphatic carbocycles. The molecule has 2 nitrogen and oxygen atoms in total. The second-order valence-electron chi connectivity index (χ2n) is 3.81. The molecule has 86 valence electrons. The van der Waals surface area contributed by atoms with Crippen LogP contribution in [0.25, 0.3) is 16.5 Å². The van der Waals surface area contributed by atoms with Crippen molar-refractivity contribution in [1.29, 1.82) is 5.26 Å². The molecule has 0 radical (unpaired) electrons. The average molecular weight is 242 g/mol. The first-order chi connectivity index (χ1) is 8.30. The monoisotopic (exact) mass is 242 g/mol. The minimum Gasteiger partial charge on any atom is -0.361 e. The Labute approximate surface area is 105 Å². The number of aromatic amines is 1. The summed E-state index contributed by atoms with van der Waals surface area (Å²) in [4.78, 5) is 3.25. The van der Waals surface area contributed by atoms with E-state index in [1.807, 2.05) is 24.4 Å². The zero-order valence-electron chi connectivity index (χ0n) is 9.95. The summed E-state index contributed by atoms with van der Waals surface area (Å²) in [5, 5.41) is 12.2. The molecule has 17 heavy (non-hydrogen) atoms. The van der Waals surface area contributed by atoms with E-state index in [9.17, 15) is 0 Å². The number of rotatable bonds is 3. The molecule has 0 fully saturated rings. The summed E-state index contributed by atoms with van der Waals surface area (Å²) >= 11 is 1.71. The van der Waals surface area contributed by atoms with E-state index in [1.165, 1.54) is 11.1 Å². The lowest BCUT2D eigenvalue weighted by Gasteiger charge is -2.02. The van der Waals surface area contributed by atoms with Gasteiger partial charge in [0.25, 0.3) is 0 Å². The molecule has 0 saturated carbocycles. The van der Waals surface area contributed by atoms with Crippen LogP contribution in [0.15, 0.2) is 29.8 Å². The number of hydrogen-bond donors (Lipinski definition) is 1. The predicted octanol–water partition coefficient (Wildman–Crippen LogP) is 4.15. The summed E-state index contributed by atoms with van der Waals surface area (Å²) in [6.45, 7) is 2.15. The fourth-order valence-electron chi connectivity index (χ4n) is 1.94. The van der Waals surface area contributed by atoms with Crippen LogP contribution in [0.2, 0.25) is 0 Å². The van der Waals surface area contributed by atoms with Crippen molar-refractivity contribution in [3.05, 3.63) is 40.9 Å². The standard InChI is InChI=1S/C14H14N2S/c1-3-11(9-17-2)13-8-16-14-5-4-10(7-15)6-12(13)14/h4-6,8-9,16H,3H2,1-2H3/b11-9+. The van der Waals surface area contributed by atoms with Crippen LogP contribution in [-0.2, 0) is 0 Å². The Morgan fingerprint density at radius 1 is 1.53 bits per heavy atom. The number of thioether (sulfide) groups is 1. The van der Waals surface area contributed by atoms with Crippen LogP contribution >= 0.6 is 11.8 Å². The predicted molar refractivity (Wildman–Crippen MR) is 74.8 cm³/mol. The van der Waals surface area contributed by atoms with Gasteiger partial charge >= 0.3 is 0 Å². The maximum absolute atomic E-state index is 8.95. The average Bonchev–Trinajstić information content (AvgIpc) is 2.78. The van der Waals surface area contributed by atoms with Crippen LogP contribution in [0.3, 0.4) is 0 Å². The fraction of sp³-hybridized carbons (Fsp3) is 0.214. The van der Waals surface area contributed by atoms with Gasteiger partial charge in [-0.05, 0) is 41.9 Å². The van der Waals surface area contributed by atoms with Crippen molar-refractivity contribution in [2.75, 3.05) is 6.26 Å². The Bertz CT molecular complexity index is 602. The van der Waals surface area contributed by atoms with Crippen LogP contribution in [0.1, 0.15) is 24.5 Å². The Balaban J connectivity index is 2.62. The molecule has 0 unspecified atom stereocenters. The summed E-state index contributed by atoms with van der Waals surface area (Å²) < 4.78 is 0. The van der Waals surface area contributed by atoms with E-state index < -0.39 is 0 Å². The summed E-state index contributed by atoms with van der Waals surface area (Å²) in [5.41, 5.74) is 4.30. The van der Waals surface area contributed by atoms with Crippen LogP contribution in [-0.4, -0.2) is 11.2 Å². The largest absolute Gasteiger partial charge is 0.361 e. The van der Waals surface area contributed by atoms with E-state index in [0.717, 1.165) is 17.3 Å². The highest BCUT2D eigenvalue weighted by Gasteiger charge is 2.07. The summed E-state index contributed by atoms with van der Waals surface area (Å²) in [7, 11) is 0. The molecule has 0 aliphatic rings. The van der Waals surface area contributed by atoms with Crippen molar-refractivity contribution in [2.45, 2.75) is 13.3 Å².